The molecule has 0 spiro atoms. The zero-order chi connectivity index (χ0) is 22.6. The quantitative estimate of drug-likeness (QED) is 0.458. The molecule has 166 valence electrons. The van der Waals surface area contributed by atoms with Crippen molar-refractivity contribution < 1.29 is 13.5 Å². The van der Waals surface area contributed by atoms with Gasteiger partial charge in [0.15, 0.2) is 0 Å². The summed E-state index contributed by atoms with van der Waals surface area (Å²) >= 11 is 3.29. The number of likely N-dealkylation sites (N-methyl/N-ethyl adjacent to an activating group) is 1. The van der Waals surface area contributed by atoms with E-state index in [9.17, 15) is 13.5 Å². The van der Waals surface area contributed by atoms with Crippen molar-refractivity contribution in [1.29, 1.82) is 0 Å². The van der Waals surface area contributed by atoms with Gasteiger partial charge in [-0.2, -0.15) is 4.31 Å². The van der Waals surface area contributed by atoms with E-state index in [4.69, 9.17) is 0 Å². The third-order valence-corrected chi connectivity index (χ3v) is 8.10. The Hall–Kier alpha value is -1.77. The highest BCUT2D eigenvalue weighted by molar-refractivity contribution is 9.10. The molecule has 0 saturated carbocycles. The van der Waals surface area contributed by atoms with Gasteiger partial charge in [-0.15, -0.1) is 0 Å². The van der Waals surface area contributed by atoms with Crippen molar-refractivity contribution in [3.8, 4) is 0 Å². The Balaban J connectivity index is 1.58. The van der Waals surface area contributed by atoms with Gasteiger partial charge in [-0.25, -0.2) is 8.42 Å². The van der Waals surface area contributed by atoms with Gasteiger partial charge >= 0.3 is 0 Å². The SMILES string of the molecule is CN(CC(O)CNC(C)(C)Cc1ccc2ccccc2c1)S(=O)(=O)c1ccccc1Br. The number of sulfonamides is 1. The predicted molar refractivity (Wildman–Crippen MR) is 130 cm³/mol. The molecule has 2 N–H and O–H groups in total. The molecule has 0 amide bonds. The number of rotatable bonds is 9. The van der Waals surface area contributed by atoms with Gasteiger partial charge in [0.05, 0.1) is 11.0 Å². The van der Waals surface area contributed by atoms with Crippen LogP contribution in [0.1, 0.15) is 19.4 Å². The third kappa shape index (κ3) is 6.14. The van der Waals surface area contributed by atoms with Crippen molar-refractivity contribution >= 4 is 36.7 Å². The lowest BCUT2D eigenvalue weighted by Gasteiger charge is -2.29. The second-order valence-electron chi connectivity index (χ2n) is 8.49. The van der Waals surface area contributed by atoms with E-state index in [0.717, 1.165) is 6.42 Å². The number of aliphatic hydroxyl groups excluding tert-OH is 1. The molecule has 0 aromatic heterocycles. The number of nitrogens with one attached hydrogen (secondary N) is 1. The average molecular weight is 505 g/mol. The highest BCUT2D eigenvalue weighted by Crippen LogP contribution is 2.24. The summed E-state index contributed by atoms with van der Waals surface area (Å²) in [4.78, 5) is 0.189. The molecule has 1 unspecified atom stereocenters. The van der Waals surface area contributed by atoms with E-state index < -0.39 is 16.1 Å². The van der Waals surface area contributed by atoms with Gasteiger partial charge in [0.1, 0.15) is 0 Å². The van der Waals surface area contributed by atoms with E-state index in [2.05, 4.69) is 65.4 Å². The molecule has 3 rings (SSSR count). The minimum Gasteiger partial charge on any atom is -0.390 e. The Morgan fingerprint density at radius 3 is 2.39 bits per heavy atom. The third-order valence-electron chi connectivity index (χ3n) is 5.27. The molecule has 1 atom stereocenters. The normalized spacial score (nSPS) is 13.6. The molecular weight excluding hydrogens is 476 g/mol. The summed E-state index contributed by atoms with van der Waals surface area (Å²) in [6, 6.07) is 21.4. The van der Waals surface area contributed by atoms with Gasteiger partial charge in [-0.1, -0.05) is 54.6 Å². The van der Waals surface area contributed by atoms with E-state index in [-0.39, 0.29) is 23.5 Å². The second kappa shape index (κ2) is 9.79. The minimum absolute atomic E-state index is 0.00270. The van der Waals surface area contributed by atoms with E-state index in [1.807, 2.05) is 12.1 Å². The molecule has 3 aromatic carbocycles. The number of nitrogens with zero attached hydrogens (tertiary/aromatic N) is 1. The fourth-order valence-corrected chi connectivity index (χ4v) is 5.76. The summed E-state index contributed by atoms with van der Waals surface area (Å²) in [5, 5.41) is 16.3. The summed E-state index contributed by atoms with van der Waals surface area (Å²) in [7, 11) is -2.20. The van der Waals surface area contributed by atoms with E-state index in [0.29, 0.717) is 4.47 Å². The molecule has 0 bridgehead atoms. The highest BCUT2D eigenvalue weighted by atomic mass is 79.9. The fourth-order valence-electron chi connectivity index (χ4n) is 3.60. The second-order valence-corrected chi connectivity index (χ2v) is 11.4. The molecular formula is C24H29BrN2O3S. The monoisotopic (exact) mass is 504 g/mol. The van der Waals surface area contributed by atoms with E-state index >= 15 is 0 Å². The average Bonchev–Trinajstić information content (AvgIpc) is 2.72. The van der Waals surface area contributed by atoms with Crippen molar-refractivity contribution in [2.75, 3.05) is 20.1 Å². The minimum atomic E-state index is -3.69. The van der Waals surface area contributed by atoms with Gasteiger partial charge < -0.3 is 10.4 Å². The van der Waals surface area contributed by atoms with Crippen molar-refractivity contribution in [3.63, 3.8) is 0 Å². The molecule has 0 saturated heterocycles. The molecule has 3 aromatic rings. The number of hydrogen-bond donors (Lipinski definition) is 2. The van der Waals surface area contributed by atoms with Crippen LogP contribution in [0.5, 0.6) is 0 Å². The smallest absolute Gasteiger partial charge is 0.244 e. The summed E-state index contributed by atoms with van der Waals surface area (Å²) in [5.41, 5.74) is 0.947. The highest BCUT2D eigenvalue weighted by Gasteiger charge is 2.26. The van der Waals surface area contributed by atoms with Crippen LogP contribution in [0.3, 0.4) is 0 Å². The standard InChI is InChI=1S/C24H29BrN2O3S/c1-24(2,15-18-12-13-19-8-4-5-9-20(19)14-18)26-16-21(28)17-27(3)31(29,30)23-11-7-6-10-22(23)25/h4-14,21,26,28H,15-17H2,1-3H3. The first-order valence-electron chi connectivity index (χ1n) is 10.2. The summed E-state index contributed by atoms with van der Waals surface area (Å²) in [6.07, 6.45) is -0.0477. The molecule has 5 nitrogen and oxygen atoms in total. The lowest BCUT2D eigenvalue weighted by Crippen LogP contribution is -2.47. The Kier molecular flexibility index (Phi) is 7.55. The zero-order valence-corrected chi connectivity index (χ0v) is 20.4. The Labute approximate surface area is 193 Å². The molecule has 31 heavy (non-hydrogen) atoms. The van der Waals surface area contributed by atoms with Crippen molar-refractivity contribution in [2.24, 2.45) is 0 Å². The number of benzene rings is 3. The van der Waals surface area contributed by atoms with Crippen LogP contribution in [0.25, 0.3) is 10.8 Å². The van der Waals surface area contributed by atoms with Crippen molar-refractivity contribution in [1.82, 2.24) is 9.62 Å². The predicted octanol–water partition coefficient (Wildman–Crippen LogP) is 4.19. The number of halogens is 1. The lowest BCUT2D eigenvalue weighted by molar-refractivity contribution is 0.139. The Morgan fingerprint density at radius 1 is 1.03 bits per heavy atom. The van der Waals surface area contributed by atoms with Gasteiger partial charge in [0, 0.05) is 30.1 Å². The van der Waals surface area contributed by atoms with Crippen LogP contribution in [-0.2, 0) is 16.4 Å². The van der Waals surface area contributed by atoms with Crippen molar-refractivity contribution in [2.45, 2.75) is 36.8 Å². The molecule has 0 radical (unpaired) electrons. The Morgan fingerprint density at radius 2 is 1.68 bits per heavy atom. The van der Waals surface area contributed by atoms with Crippen LogP contribution >= 0.6 is 15.9 Å². The Bertz CT molecular complexity index is 1150. The molecule has 0 aliphatic heterocycles. The summed E-state index contributed by atoms with van der Waals surface area (Å²) in [6.45, 7) is 4.45. The van der Waals surface area contributed by atoms with Gasteiger partial charge in [0.2, 0.25) is 10.0 Å². The molecule has 7 heteroatoms. The van der Waals surface area contributed by atoms with Crippen LogP contribution < -0.4 is 5.32 Å². The number of fused-ring (bicyclic) bond motifs is 1. The summed E-state index contributed by atoms with van der Waals surface area (Å²) < 4.78 is 27.3. The largest absolute Gasteiger partial charge is 0.390 e. The van der Waals surface area contributed by atoms with Crippen molar-refractivity contribution in [3.05, 3.63) is 76.8 Å². The van der Waals surface area contributed by atoms with Gasteiger partial charge in [-0.05, 0) is 64.7 Å². The number of β-amino-alcohol motifs (C(OH)–C–C–N with tert-alkyl or cyclic N) is 1. The topological polar surface area (TPSA) is 69.6 Å². The van der Waals surface area contributed by atoms with Crippen LogP contribution in [0.4, 0.5) is 0 Å². The van der Waals surface area contributed by atoms with Crippen LogP contribution in [-0.4, -0.2) is 49.6 Å². The molecule has 0 aliphatic carbocycles. The van der Waals surface area contributed by atoms with Crippen LogP contribution in [0, 0.1) is 0 Å². The number of aliphatic hydroxyl groups is 1. The zero-order valence-electron chi connectivity index (χ0n) is 18.0. The van der Waals surface area contributed by atoms with E-state index in [1.54, 1.807) is 24.3 Å². The first kappa shape index (κ1) is 23.9. The van der Waals surface area contributed by atoms with Crippen LogP contribution in [0.2, 0.25) is 0 Å². The molecule has 0 heterocycles. The maximum Gasteiger partial charge on any atom is 0.244 e. The van der Waals surface area contributed by atoms with E-state index in [1.165, 1.54) is 27.7 Å². The van der Waals surface area contributed by atoms with Gasteiger partial charge in [-0.3, -0.25) is 0 Å². The maximum absolute atomic E-state index is 12.8. The lowest BCUT2D eigenvalue weighted by atomic mass is 9.93. The van der Waals surface area contributed by atoms with Crippen LogP contribution in [0.15, 0.2) is 76.1 Å². The summed E-state index contributed by atoms with van der Waals surface area (Å²) in [5.74, 6) is 0. The molecule has 0 fully saturated rings. The number of hydrogen-bond acceptors (Lipinski definition) is 4. The molecule has 0 aliphatic rings. The maximum atomic E-state index is 12.8. The first-order chi connectivity index (χ1) is 14.6. The van der Waals surface area contributed by atoms with Gasteiger partial charge in [0.25, 0.3) is 0 Å². The fraction of sp³-hybridized carbons (Fsp3) is 0.333. The first-order valence-corrected chi connectivity index (χ1v) is 12.4.